The van der Waals surface area contributed by atoms with E-state index < -0.39 is 0 Å². The van der Waals surface area contributed by atoms with Crippen molar-refractivity contribution >= 4 is 23.4 Å². The predicted octanol–water partition coefficient (Wildman–Crippen LogP) is 0.299. The zero-order chi connectivity index (χ0) is 14.5. The largest absolute Gasteiger partial charge is 0.291 e. The average Bonchev–Trinajstić information content (AvgIpc) is 2.77. The van der Waals surface area contributed by atoms with E-state index in [0.29, 0.717) is 12.2 Å². The van der Waals surface area contributed by atoms with E-state index in [1.165, 1.54) is 12.2 Å². The van der Waals surface area contributed by atoms with E-state index in [0.717, 1.165) is 10.5 Å². The lowest BCUT2D eigenvalue weighted by molar-refractivity contribution is -0.122. The Labute approximate surface area is 116 Å². The first-order valence-electron chi connectivity index (χ1n) is 6.28. The van der Waals surface area contributed by atoms with Crippen LogP contribution >= 0.6 is 0 Å². The van der Waals surface area contributed by atoms with Crippen LogP contribution in [-0.2, 0) is 20.8 Å². The van der Waals surface area contributed by atoms with Crippen LogP contribution in [0.4, 0.5) is 5.69 Å². The van der Waals surface area contributed by atoms with Crippen LogP contribution in [-0.4, -0.2) is 24.3 Å². The maximum Gasteiger partial charge on any atom is 0.258 e. The fraction of sp³-hybridized carbons (Fsp3) is 0.214. The van der Waals surface area contributed by atoms with Crippen LogP contribution in [0.5, 0.6) is 0 Å². The van der Waals surface area contributed by atoms with Crippen LogP contribution in [0, 0.1) is 0 Å². The third-order valence-corrected chi connectivity index (χ3v) is 2.77. The maximum atomic E-state index is 11.5. The number of anilines is 1. The topological polar surface area (TPSA) is 78.5 Å². The molecule has 1 aromatic carbocycles. The highest BCUT2D eigenvalue weighted by Gasteiger charge is 2.24. The highest BCUT2D eigenvalue weighted by molar-refractivity contribution is 6.28. The van der Waals surface area contributed by atoms with E-state index in [1.54, 1.807) is 24.3 Å². The van der Waals surface area contributed by atoms with Crippen molar-refractivity contribution in [1.29, 1.82) is 0 Å². The van der Waals surface area contributed by atoms with Crippen LogP contribution in [0.2, 0.25) is 0 Å². The van der Waals surface area contributed by atoms with E-state index in [4.69, 9.17) is 0 Å². The number of nitrogens with one attached hydrogen (secondary N) is 2. The second-order valence-electron chi connectivity index (χ2n) is 4.27. The average molecular weight is 273 g/mol. The van der Waals surface area contributed by atoms with E-state index in [-0.39, 0.29) is 24.1 Å². The predicted molar refractivity (Wildman–Crippen MR) is 73.6 cm³/mol. The van der Waals surface area contributed by atoms with Gasteiger partial charge in [-0.05, 0) is 17.7 Å². The number of rotatable bonds is 5. The number of carbonyl (C=O) groups excluding carboxylic acids is 3. The molecule has 0 radical (unpaired) electrons. The molecular weight excluding hydrogens is 258 g/mol. The molecule has 1 aliphatic heterocycles. The molecule has 0 fully saturated rings. The summed E-state index contributed by atoms with van der Waals surface area (Å²) in [5.74, 6) is -0.852. The third-order valence-electron chi connectivity index (χ3n) is 2.77. The highest BCUT2D eigenvalue weighted by atomic mass is 16.2. The van der Waals surface area contributed by atoms with Crippen molar-refractivity contribution in [2.24, 2.45) is 0 Å². The molecule has 6 heteroatoms. The Morgan fingerprint density at radius 2 is 1.70 bits per heavy atom. The summed E-state index contributed by atoms with van der Waals surface area (Å²) in [6.07, 6.45) is 2.70. The van der Waals surface area contributed by atoms with E-state index >= 15 is 0 Å². The van der Waals surface area contributed by atoms with E-state index in [1.807, 2.05) is 6.92 Å². The van der Waals surface area contributed by atoms with Gasteiger partial charge in [0.1, 0.15) is 0 Å². The number of carbonyl (C=O) groups is 3. The third kappa shape index (κ3) is 3.10. The zero-order valence-electron chi connectivity index (χ0n) is 11.1. The minimum absolute atomic E-state index is 0.144. The van der Waals surface area contributed by atoms with Crippen LogP contribution in [0.1, 0.15) is 12.5 Å². The van der Waals surface area contributed by atoms with Gasteiger partial charge in [-0.3, -0.25) is 19.8 Å². The molecule has 6 nitrogen and oxygen atoms in total. The molecule has 20 heavy (non-hydrogen) atoms. The maximum absolute atomic E-state index is 11.5. The molecule has 1 heterocycles. The highest BCUT2D eigenvalue weighted by Crippen LogP contribution is 2.19. The molecule has 0 aromatic heterocycles. The minimum atomic E-state index is -0.354. The number of amides is 3. The summed E-state index contributed by atoms with van der Waals surface area (Å²) in [7, 11) is 0. The van der Waals surface area contributed by atoms with E-state index in [2.05, 4.69) is 10.9 Å². The Balaban J connectivity index is 2.02. The van der Waals surface area contributed by atoms with Gasteiger partial charge in [0.25, 0.3) is 11.8 Å². The van der Waals surface area contributed by atoms with Crippen molar-refractivity contribution in [1.82, 2.24) is 10.9 Å². The van der Waals surface area contributed by atoms with Crippen molar-refractivity contribution in [3.63, 3.8) is 0 Å². The first-order chi connectivity index (χ1) is 9.61. The number of hydrogen-bond donors (Lipinski definition) is 2. The van der Waals surface area contributed by atoms with Gasteiger partial charge in [0.05, 0.1) is 12.1 Å². The molecule has 0 spiro atoms. The SMILES string of the molecule is CCNNC(=O)Cc1ccc(N2C(=O)C=CC2=O)cc1. The summed E-state index contributed by atoms with van der Waals surface area (Å²) < 4.78 is 0. The van der Waals surface area contributed by atoms with Crippen molar-refractivity contribution in [3.8, 4) is 0 Å². The molecule has 0 unspecified atom stereocenters. The monoisotopic (exact) mass is 273 g/mol. The fourth-order valence-electron chi connectivity index (χ4n) is 1.83. The van der Waals surface area contributed by atoms with Crippen LogP contribution in [0.25, 0.3) is 0 Å². The van der Waals surface area contributed by atoms with Crippen molar-refractivity contribution < 1.29 is 14.4 Å². The molecule has 2 N–H and O–H groups in total. The molecule has 0 bridgehead atoms. The molecular formula is C14H15N3O3. The Hall–Kier alpha value is -2.47. The fourth-order valence-corrected chi connectivity index (χ4v) is 1.83. The Kier molecular flexibility index (Phi) is 4.27. The molecule has 0 atom stereocenters. The van der Waals surface area contributed by atoms with E-state index in [9.17, 15) is 14.4 Å². The summed E-state index contributed by atoms with van der Waals surface area (Å²) in [4.78, 5) is 35.6. The minimum Gasteiger partial charge on any atom is -0.291 e. The zero-order valence-corrected chi connectivity index (χ0v) is 11.1. The van der Waals surface area contributed by atoms with Gasteiger partial charge in [0.2, 0.25) is 5.91 Å². The van der Waals surface area contributed by atoms with Gasteiger partial charge >= 0.3 is 0 Å². The quantitative estimate of drug-likeness (QED) is 0.597. The standard InChI is InChI=1S/C14H15N3O3/c1-2-15-16-12(18)9-10-3-5-11(6-4-10)17-13(19)7-8-14(17)20/h3-8,15H,2,9H2,1H3,(H,16,18). The Morgan fingerprint density at radius 3 is 2.25 bits per heavy atom. The van der Waals surface area contributed by atoms with Gasteiger partial charge in [-0.2, -0.15) is 0 Å². The van der Waals surface area contributed by atoms with Gasteiger partial charge in [-0.25, -0.2) is 10.3 Å². The lowest BCUT2D eigenvalue weighted by Gasteiger charge is -2.14. The van der Waals surface area contributed by atoms with Crippen LogP contribution in [0.3, 0.4) is 0 Å². The smallest absolute Gasteiger partial charge is 0.258 e. The molecule has 1 aromatic rings. The second-order valence-corrected chi connectivity index (χ2v) is 4.27. The number of nitrogens with zero attached hydrogens (tertiary/aromatic N) is 1. The summed E-state index contributed by atoms with van der Waals surface area (Å²) in [6.45, 7) is 2.53. The van der Waals surface area contributed by atoms with Crippen LogP contribution < -0.4 is 15.8 Å². The lowest BCUT2D eigenvalue weighted by atomic mass is 10.1. The molecule has 0 saturated carbocycles. The molecule has 3 amide bonds. The number of hydrogen-bond acceptors (Lipinski definition) is 4. The summed E-state index contributed by atoms with van der Waals surface area (Å²) in [5.41, 5.74) is 6.58. The number of imide groups is 1. The Morgan fingerprint density at radius 1 is 1.10 bits per heavy atom. The van der Waals surface area contributed by atoms with Crippen LogP contribution in [0.15, 0.2) is 36.4 Å². The number of benzene rings is 1. The molecule has 2 rings (SSSR count). The molecule has 104 valence electrons. The van der Waals surface area contributed by atoms with Crippen molar-refractivity contribution in [2.45, 2.75) is 13.3 Å². The second kappa shape index (κ2) is 6.12. The summed E-state index contributed by atoms with van der Waals surface area (Å²) in [5, 5.41) is 0. The summed E-state index contributed by atoms with van der Waals surface area (Å²) in [6, 6.07) is 6.75. The van der Waals surface area contributed by atoms with Gasteiger partial charge in [0, 0.05) is 18.7 Å². The molecule has 0 aliphatic carbocycles. The number of hydrazine groups is 1. The first-order valence-corrected chi connectivity index (χ1v) is 6.28. The summed E-state index contributed by atoms with van der Waals surface area (Å²) >= 11 is 0. The molecule has 0 saturated heterocycles. The normalized spacial score (nSPS) is 13.9. The van der Waals surface area contributed by atoms with Gasteiger partial charge in [-0.1, -0.05) is 19.1 Å². The lowest BCUT2D eigenvalue weighted by Crippen LogP contribution is -2.38. The first kappa shape index (κ1) is 14.0. The van der Waals surface area contributed by atoms with Crippen molar-refractivity contribution in [3.05, 3.63) is 42.0 Å². The molecule has 1 aliphatic rings. The van der Waals surface area contributed by atoms with Crippen molar-refractivity contribution in [2.75, 3.05) is 11.4 Å². The van der Waals surface area contributed by atoms with Gasteiger partial charge in [0.15, 0.2) is 0 Å². The Bertz CT molecular complexity index is 546. The van der Waals surface area contributed by atoms with Gasteiger partial charge in [-0.15, -0.1) is 0 Å². The van der Waals surface area contributed by atoms with Gasteiger partial charge < -0.3 is 0 Å².